The van der Waals surface area contributed by atoms with Crippen LogP contribution < -0.4 is 9.64 Å². The number of fused-ring (bicyclic) bond motifs is 1. The van der Waals surface area contributed by atoms with Crippen LogP contribution in [0.3, 0.4) is 0 Å². The maximum atomic E-state index is 12.5. The second-order valence-electron chi connectivity index (χ2n) is 8.31. The number of rotatable bonds is 12. The molecule has 0 bridgehead atoms. The number of methoxy groups -OCH3 is 2. The number of benzene rings is 2. The number of anilines is 1. The summed E-state index contributed by atoms with van der Waals surface area (Å²) in [5.41, 5.74) is 3.80. The summed E-state index contributed by atoms with van der Waals surface area (Å²) < 4.78 is 20.7. The summed E-state index contributed by atoms with van der Waals surface area (Å²) in [5, 5.41) is 4.02. The minimum atomic E-state index is -0.479. The molecule has 9 nitrogen and oxygen atoms in total. The standard InChI is InChI=1S/C27H30N2O7/c1-32-13-14-34-15-16-35-25(30)11-12-29-18-20(22-5-3-4-6-24(22)29)17-23-26(28-36-27(23)31)19-7-9-21(33-2)10-8-19/h3-10,17,20H,11-16,18H2,1-2H3/b23-17-. The lowest BCUT2D eigenvalue weighted by atomic mass is 9.95. The lowest BCUT2D eigenvalue weighted by Crippen LogP contribution is -2.26. The topological polar surface area (TPSA) is 95.9 Å². The molecule has 0 amide bonds. The number of carbonyl (C=O) groups is 2. The molecule has 190 valence electrons. The smallest absolute Gasteiger partial charge is 0.367 e. The maximum absolute atomic E-state index is 12.5. The van der Waals surface area contributed by atoms with Crippen molar-refractivity contribution in [2.75, 3.05) is 58.6 Å². The third kappa shape index (κ3) is 6.10. The zero-order valence-electron chi connectivity index (χ0n) is 20.5. The molecular weight excluding hydrogens is 464 g/mol. The van der Waals surface area contributed by atoms with Gasteiger partial charge in [-0.05, 0) is 35.9 Å². The summed E-state index contributed by atoms with van der Waals surface area (Å²) >= 11 is 0. The van der Waals surface area contributed by atoms with Crippen molar-refractivity contribution in [1.82, 2.24) is 0 Å². The van der Waals surface area contributed by atoms with Crippen molar-refractivity contribution in [2.45, 2.75) is 12.3 Å². The number of para-hydroxylation sites is 1. The van der Waals surface area contributed by atoms with E-state index in [1.807, 2.05) is 54.6 Å². The van der Waals surface area contributed by atoms with Crippen molar-refractivity contribution in [3.8, 4) is 5.75 Å². The van der Waals surface area contributed by atoms with Crippen molar-refractivity contribution >= 4 is 23.3 Å². The molecule has 2 aromatic carbocycles. The van der Waals surface area contributed by atoms with Crippen molar-refractivity contribution in [3.05, 3.63) is 71.3 Å². The maximum Gasteiger partial charge on any atom is 0.367 e. The van der Waals surface area contributed by atoms with Crippen molar-refractivity contribution in [1.29, 1.82) is 0 Å². The second kappa shape index (κ2) is 12.3. The Labute approximate surface area is 210 Å². The van der Waals surface area contributed by atoms with E-state index >= 15 is 0 Å². The average Bonchev–Trinajstić information content (AvgIpc) is 3.45. The number of nitrogens with zero attached hydrogens (tertiary/aromatic N) is 2. The normalized spacial score (nSPS) is 17.7. The van der Waals surface area contributed by atoms with Gasteiger partial charge in [-0.3, -0.25) is 4.79 Å². The summed E-state index contributed by atoms with van der Waals surface area (Å²) in [6.45, 7) is 2.65. The van der Waals surface area contributed by atoms with Crippen LogP contribution in [0, 0.1) is 0 Å². The molecule has 2 aromatic rings. The quantitative estimate of drug-likeness (QED) is 0.192. The van der Waals surface area contributed by atoms with Gasteiger partial charge in [0.2, 0.25) is 0 Å². The third-order valence-corrected chi connectivity index (χ3v) is 6.03. The van der Waals surface area contributed by atoms with Crippen LogP contribution in [0.15, 0.2) is 65.3 Å². The van der Waals surface area contributed by atoms with E-state index in [9.17, 15) is 9.59 Å². The van der Waals surface area contributed by atoms with Gasteiger partial charge in [0, 0.05) is 37.4 Å². The van der Waals surface area contributed by atoms with Crippen LogP contribution in [0.4, 0.5) is 5.69 Å². The van der Waals surface area contributed by atoms with Gasteiger partial charge < -0.3 is 28.7 Å². The van der Waals surface area contributed by atoms with E-state index in [1.54, 1.807) is 14.2 Å². The van der Waals surface area contributed by atoms with Gasteiger partial charge >= 0.3 is 11.9 Å². The minimum Gasteiger partial charge on any atom is -0.497 e. The van der Waals surface area contributed by atoms with Crippen LogP contribution in [0.2, 0.25) is 0 Å². The van der Waals surface area contributed by atoms with Gasteiger partial charge in [0.15, 0.2) is 0 Å². The van der Waals surface area contributed by atoms with Gasteiger partial charge in [-0.1, -0.05) is 29.4 Å². The Morgan fingerprint density at radius 3 is 2.64 bits per heavy atom. The Morgan fingerprint density at radius 2 is 1.86 bits per heavy atom. The lowest BCUT2D eigenvalue weighted by molar-refractivity contribution is -0.145. The molecule has 0 radical (unpaired) electrons. The summed E-state index contributed by atoms with van der Waals surface area (Å²) in [4.78, 5) is 31.9. The molecule has 2 aliphatic heterocycles. The molecule has 0 aromatic heterocycles. The highest BCUT2D eigenvalue weighted by Crippen LogP contribution is 2.38. The van der Waals surface area contributed by atoms with Gasteiger partial charge in [-0.15, -0.1) is 0 Å². The predicted octanol–water partition coefficient (Wildman–Crippen LogP) is 3.08. The van der Waals surface area contributed by atoms with Gasteiger partial charge in [0.05, 0.1) is 38.9 Å². The fourth-order valence-corrected chi connectivity index (χ4v) is 4.22. The fourth-order valence-electron chi connectivity index (χ4n) is 4.22. The van der Waals surface area contributed by atoms with Crippen LogP contribution >= 0.6 is 0 Å². The molecular formula is C27H30N2O7. The number of esters is 1. The van der Waals surface area contributed by atoms with Gasteiger partial charge in [-0.2, -0.15) is 0 Å². The first-order chi connectivity index (χ1) is 17.6. The van der Waals surface area contributed by atoms with E-state index < -0.39 is 5.97 Å². The summed E-state index contributed by atoms with van der Waals surface area (Å²) in [5.74, 6) is -0.103. The van der Waals surface area contributed by atoms with Crippen molar-refractivity contribution in [3.63, 3.8) is 0 Å². The fraction of sp³-hybridized carbons (Fsp3) is 0.370. The zero-order valence-corrected chi connectivity index (χ0v) is 20.5. The Kier molecular flexibility index (Phi) is 8.70. The Hall–Kier alpha value is -3.69. The SMILES string of the molecule is COCCOCCOC(=O)CCN1CC(/C=C2\C(=O)ON=C2c2ccc(OC)cc2)c2ccccc21. The first-order valence-electron chi connectivity index (χ1n) is 11.8. The molecule has 0 N–H and O–H groups in total. The molecule has 0 saturated heterocycles. The Morgan fingerprint density at radius 1 is 1.08 bits per heavy atom. The van der Waals surface area contributed by atoms with E-state index in [4.69, 9.17) is 23.8 Å². The molecule has 0 aliphatic carbocycles. The van der Waals surface area contributed by atoms with Crippen LogP contribution in [0.5, 0.6) is 5.75 Å². The van der Waals surface area contributed by atoms with E-state index in [0.717, 1.165) is 16.8 Å². The van der Waals surface area contributed by atoms with Crippen LogP contribution in [-0.2, 0) is 28.6 Å². The van der Waals surface area contributed by atoms with Gasteiger partial charge in [0.25, 0.3) is 0 Å². The molecule has 2 aliphatic rings. The first kappa shape index (κ1) is 25.4. The highest BCUT2D eigenvalue weighted by molar-refractivity contribution is 6.28. The molecule has 1 atom stereocenters. The van der Waals surface area contributed by atoms with Crippen molar-refractivity contribution < 1.29 is 33.4 Å². The lowest BCUT2D eigenvalue weighted by Gasteiger charge is -2.19. The largest absolute Gasteiger partial charge is 0.497 e. The van der Waals surface area contributed by atoms with E-state index in [-0.39, 0.29) is 24.9 Å². The molecule has 2 heterocycles. The highest BCUT2D eigenvalue weighted by Gasteiger charge is 2.32. The summed E-state index contributed by atoms with van der Waals surface area (Å²) in [7, 11) is 3.20. The van der Waals surface area contributed by atoms with E-state index in [2.05, 4.69) is 10.1 Å². The average molecular weight is 495 g/mol. The molecule has 0 saturated carbocycles. The van der Waals surface area contributed by atoms with Crippen LogP contribution in [0.1, 0.15) is 23.5 Å². The molecule has 0 spiro atoms. The molecule has 36 heavy (non-hydrogen) atoms. The minimum absolute atomic E-state index is 0.0597. The Balaban J connectivity index is 1.40. The van der Waals surface area contributed by atoms with E-state index in [1.165, 1.54) is 0 Å². The summed E-state index contributed by atoms with van der Waals surface area (Å²) in [6, 6.07) is 15.3. The van der Waals surface area contributed by atoms with Crippen LogP contribution in [-0.4, -0.2) is 71.4 Å². The number of hydrogen-bond donors (Lipinski definition) is 0. The summed E-state index contributed by atoms with van der Waals surface area (Å²) in [6.07, 6.45) is 2.16. The van der Waals surface area contributed by atoms with Gasteiger partial charge in [0.1, 0.15) is 18.1 Å². The number of carbonyl (C=O) groups excluding carboxylic acids is 2. The van der Waals surface area contributed by atoms with Gasteiger partial charge in [-0.25, -0.2) is 4.79 Å². The highest BCUT2D eigenvalue weighted by atomic mass is 16.7. The molecule has 0 fully saturated rings. The number of oxime groups is 1. The number of hydrogen-bond acceptors (Lipinski definition) is 9. The Bertz CT molecular complexity index is 1130. The van der Waals surface area contributed by atoms with E-state index in [0.29, 0.717) is 49.9 Å². The third-order valence-electron chi connectivity index (χ3n) is 6.03. The first-order valence-corrected chi connectivity index (χ1v) is 11.8. The van der Waals surface area contributed by atoms with Crippen molar-refractivity contribution in [2.24, 2.45) is 5.16 Å². The zero-order chi connectivity index (χ0) is 25.3. The number of ether oxygens (including phenoxy) is 4. The van der Waals surface area contributed by atoms with Crippen LogP contribution in [0.25, 0.3) is 0 Å². The molecule has 4 rings (SSSR count). The predicted molar refractivity (Wildman–Crippen MR) is 133 cm³/mol. The molecule has 9 heteroatoms. The molecule has 1 unspecified atom stereocenters. The second-order valence-corrected chi connectivity index (χ2v) is 8.31. The monoisotopic (exact) mass is 494 g/mol.